The van der Waals surface area contributed by atoms with Crippen LogP contribution in [-0.2, 0) is 4.79 Å². The molecule has 0 atom stereocenters. The molecule has 0 aliphatic rings. The van der Waals surface area contributed by atoms with Crippen molar-refractivity contribution in [3.05, 3.63) is 0 Å². The van der Waals surface area contributed by atoms with Gasteiger partial charge in [-0.2, -0.15) is 5.26 Å². The van der Waals surface area contributed by atoms with Crippen molar-refractivity contribution in [3.63, 3.8) is 0 Å². The van der Waals surface area contributed by atoms with Gasteiger partial charge in [-0.05, 0) is 11.8 Å². The highest BCUT2D eigenvalue weighted by Crippen LogP contribution is 2.19. The molecule has 0 rings (SSSR count). The first kappa shape index (κ1) is 12.0. The zero-order valence-electron chi connectivity index (χ0n) is 8.68. The van der Waals surface area contributed by atoms with E-state index in [1.165, 1.54) is 0 Å². The van der Waals surface area contributed by atoms with Gasteiger partial charge >= 0.3 is 0 Å². The summed E-state index contributed by atoms with van der Waals surface area (Å²) in [5, 5.41) is 10.9. The van der Waals surface area contributed by atoms with E-state index in [1.54, 1.807) is 0 Å². The quantitative estimate of drug-likeness (QED) is 0.674. The Morgan fingerprint density at radius 2 is 2.08 bits per heavy atom. The van der Waals surface area contributed by atoms with Crippen molar-refractivity contribution >= 4 is 5.91 Å². The SMILES string of the molecule is CC(C)(C)CCC(=O)NCCC#N. The lowest BCUT2D eigenvalue weighted by molar-refractivity contribution is -0.121. The number of carbonyl (C=O) groups is 1. The van der Waals surface area contributed by atoms with Crippen molar-refractivity contribution in [2.45, 2.75) is 40.0 Å². The van der Waals surface area contributed by atoms with Crippen LogP contribution >= 0.6 is 0 Å². The fourth-order valence-electron chi connectivity index (χ4n) is 0.835. The van der Waals surface area contributed by atoms with Crippen molar-refractivity contribution in [2.24, 2.45) is 5.41 Å². The average Bonchev–Trinajstić information content (AvgIpc) is 2.00. The Morgan fingerprint density at radius 1 is 1.46 bits per heavy atom. The van der Waals surface area contributed by atoms with E-state index in [0.29, 0.717) is 19.4 Å². The maximum atomic E-state index is 11.1. The normalized spacial score (nSPS) is 10.6. The Morgan fingerprint density at radius 3 is 2.54 bits per heavy atom. The molecular formula is C10H18N2O. The van der Waals surface area contributed by atoms with Gasteiger partial charge in [0, 0.05) is 13.0 Å². The monoisotopic (exact) mass is 182 g/mol. The number of nitrogens with zero attached hydrogens (tertiary/aromatic N) is 1. The second-order valence-electron chi connectivity index (χ2n) is 4.32. The van der Waals surface area contributed by atoms with Gasteiger partial charge in [-0.15, -0.1) is 0 Å². The molecule has 0 spiro atoms. The number of carbonyl (C=O) groups excluding carboxylic acids is 1. The lowest BCUT2D eigenvalue weighted by atomic mass is 9.90. The number of hydrogen-bond donors (Lipinski definition) is 1. The summed E-state index contributed by atoms with van der Waals surface area (Å²) in [5.41, 5.74) is 0.201. The molecule has 3 nitrogen and oxygen atoms in total. The molecule has 0 fully saturated rings. The third-order valence-corrected chi connectivity index (χ3v) is 1.66. The van der Waals surface area contributed by atoms with Gasteiger partial charge in [-0.3, -0.25) is 4.79 Å². The van der Waals surface area contributed by atoms with E-state index in [1.807, 2.05) is 6.07 Å². The van der Waals surface area contributed by atoms with Gasteiger partial charge in [-0.25, -0.2) is 0 Å². The number of hydrogen-bond acceptors (Lipinski definition) is 2. The zero-order chi connectivity index (χ0) is 10.3. The first-order chi connectivity index (χ1) is 5.95. The van der Waals surface area contributed by atoms with Crippen LogP contribution in [-0.4, -0.2) is 12.5 Å². The molecule has 0 heterocycles. The highest BCUT2D eigenvalue weighted by Gasteiger charge is 2.12. The van der Waals surface area contributed by atoms with Crippen LogP contribution in [0.1, 0.15) is 40.0 Å². The van der Waals surface area contributed by atoms with Gasteiger partial charge in [-0.1, -0.05) is 20.8 Å². The molecular weight excluding hydrogens is 164 g/mol. The molecule has 0 aliphatic heterocycles. The van der Waals surface area contributed by atoms with Crippen molar-refractivity contribution in [1.82, 2.24) is 5.32 Å². The Hall–Kier alpha value is -1.04. The third kappa shape index (κ3) is 8.87. The third-order valence-electron chi connectivity index (χ3n) is 1.66. The minimum atomic E-state index is 0.0465. The highest BCUT2D eigenvalue weighted by atomic mass is 16.1. The molecule has 0 aromatic heterocycles. The summed E-state index contributed by atoms with van der Waals surface area (Å²) >= 11 is 0. The van der Waals surface area contributed by atoms with Crippen LogP contribution < -0.4 is 5.32 Å². The smallest absolute Gasteiger partial charge is 0.220 e. The standard InChI is InChI=1S/C10H18N2O/c1-10(2,3)6-5-9(13)12-8-4-7-11/h4-6,8H2,1-3H3,(H,12,13). The van der Waals surface area contributed by atoms with E-state index in [0.717, 1.165) is 6.42 Å². The molecule has 1 amide bonds. The van der Waals surface area contributed by atoms with Gasteiger partial charge in [0.25, 0.3) is 0 Å². The van der Waals surface area contributed by atoms with Crippen molar-refractivity contribution < 1.29 is 4.79 Å². The summed E-state index contributed by atoms with van der Waals surface area (Å²) in [6, 6.07) is 1.98. The maximum Gasteiger partial charge on any atom is 0.220 e. The molecule has 0 bridgehead atoms. The molecule has 0 radical (unpaired) electrons. The summed E-state index contributed by atoms with van der Waals surface area (Å²) in [6.45, 7) is 6.79. The summed E-state index contributed by atoms with van der Waals surface area (Å²) < 4.78 is 0. The molecule has 13 heavy (non-hydrogen) atoms. The Bertz CT molecular complexity index is 198. The first-order valence-electron chi connectivity index (χ1n) is 4.59. The van der Waals surface area contributed by atoms with Gasteiger partial charge in [0.05, 0.1) is 12.5 Å². The second-order valence-corrected chi connectivity index (χ2v) is 4.32. The number of nitrogens with one attached hydrogen (secondary N) is 1. The first-order valence-corrected chi connectivity index (χ1v) is 4.59. The van der Waals surface area contributed by atoms with E-state index in [4.69, 9.17) is 5.26 Å². The summed E-state index contributed by atoms with van der Waals surface area (Å²) in [6.07, 6.45) is 1.82. The minimum absolute atomic E-state index is 0.0465. The van der Waals surface area contributed by atoms with Crippen LogP contribution in [0.15, 0.2) is 0 Å². The topological polar surface area (TPSA) is 52.9 Å². The van der Waals surface area contributed by atoms with Crippen LogP contribution in [0.4, 0.5) is 0 Å². The lowest BCUT2D eigenvalue weighted by Crippen LogP contribution is -2.25. The van der Waals surface area contributed by atoms with E-state index < -0.39 is 0 Å². The molecule has 1 N–H and O–H groups in total. The van der Waals surface area contributed by atoms with E-state index in [-0.39, 0.29) is 11.3 Å². The molecule has 0 aromatic rings. The lowest BCUT2D eigenvalue weighted by Gasteiger charge is -2.17. The van der Waals surface area contributed by atoms with Gasteiger partial charge in [0.1, 0.15) is 0 Å². The van der Waals surface area contributed by atoms with Crippen LogP contribution in [0.5, 0.6) is 0 Å². The van der Waals surface area contributed by atoms with E-state index >= 15 is 0 Å². The summed E-state index contributed by atoms with van der Waals surface area (Å²) in [5.74, 6) is 0.0465. The van der Waals surface area contributed by atoms with Crippen LogP contribution in [0.3, 0.4) is 0 Å². The number of amides is 1. The molecule has 3 heteroatoms. The molecule has 0 unspecified atom stereocenters. The zero-order valence-corrected chi connectivity index (χ0v) is 8.68. The molecule has 74 valence electrons. The van der Waals surface area contributed by atoms with Crippen LogP contribution in [0, 0.1) is 16.7 Å². The largest absolute Gasteiger partial charge is 0.355 e. The van der Waals surface area contributed by atoms with Gasteiger partial charge < -0.3 is 5.32 Å². The molecule has 0 saturated carbocycles. The predicted molar refractivity (Wildman–Crippen MR) is 51.9 cm³/mol. The van der Waals surface area contributed by atoms with Gasteiger partial charge in [0.15, 0.2) is 0 Å². The molecule has 0 saturated heterocycles. The van der Waals surface area contributed by atoms with Crippen LogP contribution in [0.2, 0.25) is 0 Å². The second kappa shape index (κ2) is 5.58. The molecule has 0 aliphatic carbocycles. The van der Waals surface area contributed by atoms with Crippen molar-refractivity contribution in [3.8, 4) is 6.07 Å². The van der Waals surface area contributed by atoms with E-state index in [2.05, 4.69) is 26.1 Å². The van der Waals surface area contributed by atoms with Crippen molar-refractivity contribution in [1.29, 1.82) is 5.26 Å². The highest BCUT2D eigenvalue weighted by molar-refractivity contribution is 5.75. The predicted octanol–water partition coefficient (Wildman–Crippen LogP) is 1.84. The van der Waals surface area contributed by atoms with Crippen molar-refractivity contribution in [2.75, 3.05) is 6.54 Å². The Balaban J connectivity index is 3.48. The Labute approximate surface area is 80.1 Å². The van der Waals surface area contributed by atoms with Crippen LogP contribution in [0.25, 0.3) is 0 Å². The summed E-state index contributed by atoms with van der Waals surface area (Å²) in [7, 11) is 0. The van der Waals surface area contributed by atoms with Gasteiger partial charge in [0.2, 0.25) is 5.91 Å². The number of nitriles is 1. The number of rotatable bonds is 4. The molecule has 0 aromatic carbocycles. The Kier molecular flexibility index (Phi) is 5.13. The average molecular weight is 182 g/mol. The summed E-state index contributed by atoms with van der Waals surface area (Å²) in [4.78, 5) is 11.1. The fourth-order valence-corrected chi connectivity index (χ4v) is 0.835. The maximum absolute atomic E-state index is 11.1. The minimum Gasteiger partial charge on any atom is -0.355 e. The van der Waals surface area contributed by atoms with E-state index in [9.17, 15) is 4.79 Å². The fraction of sp³-hybridized carbons (Fsp3) is 0.800.